The lowest BCUT2D eigenvalue weighted by Crippen LogP contribution is -1.92. The number of hydrogen-bond donors (Lipinski definition) is 0. The van der Waals surface area contributed by atoms with Gasteiger partial charge in [0.1, 0.15) is 11.2 Å². The van der Waals surface area contributed by atoms with Crippen molar-refractivity contribution in [3.05, 3.63) is 115 Å². The van der Waals surface area contributed by atoms with Gasteiger partial charge in [0, 0.05) is 32.8 Å². The Balaban J connectivity index is 1.54. The van der Waals surface area contributed by atoms with Crippen molar-refractivity contribution in [2.45, 2.75) is 6.92 Å². The molecule has 0 amide bonds. The molecule has 0 bridgehead atoms. The van der Waals surface area contributed by atoms with Gasteiger partial charge in [-0.3, -0.25) is 0 Å². The van der Waals surface area contributed by atoms with Crippen LogP contribution in [0.25, 0.3) is 60.6 Å². The van der Waals surface area contributed by atoms with Crippen LogP contribution in [-0.4, -0.2) is 4.57 Å². The van der Waals surface area contributed by atoms with Crippen molar-refractivity contribution in [2.75, 3.05) is 0 Å². The number of fused-ring (bicyclic) bond motifs is 6. The van der Waals surface area contributed by atoms with E-state index in [0.717, 1.165) is 16.7 Å². The summed E-state index contributed by atoms with van der Waals surface area (Å²) in [6, 6.07) is 38.7. The molecule has 33 heavy (non-hydrogen) atoms. The summed E-state index contributed by atoms with van der Waals surface area (Å²) in [5.41, 5.74) is 9.03. The first-order chi connectivity index (χ1) is 16.3. The van der Waals surface area contributed by atoms with Gasteiger partial charge in [-0.1, -0.05) is 72.8 Å². The molecule has 0 atom stereocenters. The molecule has 2 heteroatoms. The van der Waals surface area contributed by atoms with Crippen LogP contribution in [-0.2, 0) is 0 Å². The number of furan rings is 1. The molecule has 0 aliphatic carbocycles. The third kappa shape index (κ3) is 2.61. The van der Waals surface area contributed by atoms with Crippen LogP contribution in [0.2, 0.25) is 0 Å². The summed E-state index contributed by atoms with van der Waals surface area (Å²) < 4.78 is 8.73. The molecule has 0 aliphatic heterocycles. The van der Waals surface area contributed by atoms with E-state index in [4.69, 9.17) is 4.42 Å². The Morgan fingerprint density at radius 2 is 1.36 bits per heavy atom. The molecule has 2 aromatic heterocycles. The highest BCUT2D eigenvalue weighted by molar-refractivity contribution is 6.13. The van der Waals surface area contributed by atoms with Crippen LogP contribution in [0.15, 0.2) is 114 Å². The lowest BCUT2D eigenvalue weighted by atomic mass is 9.99. The third-order valence-electron chi connectivity index (χ3n) is 6.73. The third-order valence-corrected chi connectivity index (χ3v) is 6.73. The van der Waals surface area contributed by atoms with Crippen LogP contribution in [0.3, 0.4) is 0 Å². The zero-order chi connectivity index (χ0) is 21.9. The van der Waals surface area contributed by atoms with Gasteiger partial charge in [-0.15, -0.1) is 0 Å². The summed E-state index contributed by atoms with van der Waals surface area (Å²) in [6.45, 7) is 2.15. The van der Waals surface area contributed by atoms with Gasteiger partial charge in [0.15, 0.2) is 0 Å². The minimum atomic E-state index is 0.944. The van der Waals surface area contributed by atoms with E-state index in [1.807, 2.05) is 0 Å². The van der Waals surface area contributed by atoms with Gasteiger partial charge in [0.05, 0.1) is 11.0 Å². The van der Waals surface area contributed by atoms with Gasteiger partial charge in [-0.25, -0.2) is 0 Å². The lowest BCUT2D eigenvalue weighted by molar-refractivity contribution is 0.670. The van der Waals surface area contributed by atoms with E-state index in [1.54, 1.807) is 0 Å². The van der Waals surface area contributed by atoms with Crippen LogP contribution < -0.4 is 0 Å². The van der Waals surface area contributed by atoms with Crippen molar-refractivity contribution in [2.24, 2.45) is 0 Å². The van der Waals surface area contributed by atoms with Gasteiger partial charge >= 0.3 is 0 Å². The second-order valence-electron chi connectivity index (χ2n) is 8.65. The fraction of sp³-hybridized carbons (Fsp3) is 0.0323. The highest BCUT2D eigenvalue weighted by Crippen LogP contribution is 2.39. The fourth-order valence-electron chi connectivity index (χ4n) is 5.25. The molecule has 0 saturated heterocycles. The van der Waals surface area contributed by atoms with Gasteiger partial charge in [-0.05, 0) is 54.4 Å². The zero-order valence-corrected chi connectivity index (χ0v) is 18.2. The molecule has 0 N–H and O–H groups in total. The molecule has 2 heterocycles. The van der Waals surface area contributed by atoms with Gasteiger partial charge in [0.25, 0.3) is 0 Å². The monoisotopic (exact) mass is 423 g/mol. The van der Waals surface area contributed by atoms with Crippen LogP contribution in [0.1, 0.15) is 5.56 Å². The smallest absolute Gasteiger partial charge is 0.143 e. The van der Waals surface area contributed by atoms with E-state index in [2.05, 4.69) is 121 Å². The molecule has 2 nitrogen and oxygen atoms in total. The first-order valence-corrected chi connectivity index (χ1v) is 11.3. The van der Waals surface area contributed by atoms with Crippen molar-refractivity contribution >= 4 is 43.7 Å². The summed E-state index contributed by atoms with van der Waals surface area (Å²) in [5, 5.41) is 4.88. The topological polar surface area (TPSA) is 18.1 Å². The predicted molar refractivity (Wildman–Crippen MR) is 138 cm³/mol. The van der Waals surface area contributed by atoms with Gasteiger partial charge in [0.2, 0.25) is 0 Å². The van der Waals surface area contributed by atoms with Crippen LogP contribution in [0.5, 0.6) is 0 Å². The predicted octanol–water partition coefficient (Wildman–Crippen LogP) is 8.66. The maximum absolute atomic E-state index is 6.39. The Hall–Kier alpha value is -4.30. The quantitative estimate of drug-likeness (QED) is 0.272. The van der Waals surface area contributed by atoms with E-state index in [-0.39, 0.29) is 0 Å². The van der Waals surface area contributed by atoms with E-state index in [1.165, 1.54) is 49.4 Å². The molecule has 0 fully saturated rings. The molecule has 0 saturated carbocycles. The molecule has 156 valence electrons. The van der Waals surface area contributed by atoms with Gasteiger partial charge < -0.3 is 8.98 Å². The number of nitrogens with zero attached hydrogens (tertiary/aromatic N) is 1. The molecule has 0 unspecified atom stereocenters. The average molecular weight is 424 g/mol. The van der Waals surface area contributed by atoms with Crippen LogP contribution in [0.4, 0.5) is 0 Å². The molecule has 0 spiro atoms. The molecule has 7 rings (SSSR count). The average Bonchev–Trinajstić information content (AvgIpc) is 3.41. The molecule has 5 aromatic carbocycles. The standard InChI is InChI=1S/C31H21NO/c1-20-9-7-16-29-30(20)25-14-8-13-23(31(25)33-29)21-17-18-28-26(19-21)24-12-5-6-15-27(24)32(28)22-10-3-2-4-11-22/h2-19H,1H3. The lowest BCUT2D eigenvalue weighted by Gasteiger charge is -2.08. The van der Waals surface area contributed by atoms with E-state index >= 15 is 0 Å². The van der Waals surface area contributed by atoms with Crippen molar-refractivity contribution in [3.8, 4) is 16.8 Å². The summed E-state index contributed by atoms with van der Waals surface area (Å²) in [5.74, 6) is 0. The number of benzene rings is 5. The number of para-hydroxylation sites is 3. The first kappa shape index (κ1) is 18.3. The molecule has 0 aliphatic rings. The maximum Gasteiger partial charge on any atom is 0.143 e. The largest absolute Gasteiger partial charge is 0.455 e. The second kappa shape index (κ2) is 6.85. The summed E-state index contributed by atoms with van der Waals surface area (Å²) in [7, 11) is 0. The number of rotatable bonds is 2. The van der Waals surface area contributed by atoms with Crippen molar-refractivity contribution in [3.63, 3.8) is 0 Å². The zero-order valence-electron chi connectivity index (χ0n) is 18.2. The normalized spacial score (nSPS) is 11.8. The van der Waals surface area contributed by atoms with Crippen molar-refractivity contribution in [1.29, 1.82) is 0 Å². The van der Waals surface area contributed by atoms with Crippen LogP contribution in [0, 0.1) is 6.92 Å². The SMILES string of the molecule is Cc1cccc2oc3c(-c4ccc5c(c4)c4ccccc4n5-c4ccccc4)cccc3c12. The first-order valence-electron chi connectivity index (χ1n) is 11.3. The molecule has 7 aromatic rings. The van der Waals surface area contributed by atoms with Crippen molar-refractivity contribution in [1.82, 2.24) is 4.57 Å². The minimum absolute atomic E-state index is 0.944. The van der Waals surface area contributed by atoms with E-state index in [0.29, 0.717) is 0 Å². The van der Waals surface area contributed by atoms with Crippen LogP contribution >= 0.6 is 0 Å². The van der Waals surface area contributed by atoms with Gasteiger partial charge in [-0.2, -0.15) is 0 Å². The fourth-order valence-corrected chi connectivity index (χ4v) is 5.25. The Morgan fingerprint density at radius 3 is 2.27 bits per heavy atom. The Morgan fingerprint density at radius 1 is 0.606 bits per heavy atom. The highest BCUT2D eigenvalue weighted by Gasteiger charge is 2.16. The molecule has 0 radical (unpaired) electrons. The number of hydrogen-bond acceptors (Lipinski definition) is 1. The molecular weight excluding hydrogens is 402 g/mol. The second-order valence-corrected chi connectivity index (χ2v) is 8.65. The molecular formula is C31H21NO. The minimum Gasteiger partial charge on any atom is -0.455 e. The van der Waals surface area contributed by atoms with Crippen molar-refractivity contribution < 1.29 is 4.42 Å². The number of aryl methyl sites for hydroxylation is 1. The Labute approximate surface area is 191 Å². The number of aromatic nitrogens is 1. The Bertz CT molecular complexity index is 1820. The highest BCUT2D eigenvalue weighted by atomic mass is 16.3. The summed E-state index contributed by atoms with van der Waals surface area (Å²) in [4.78, 5) is 0. The van der Waals surface area contributed by atoms with E-state index in [9.17, 15) is 0 Å². The summed E-state index contributed by atoms with van der Waals surface area (Å²) >= 11 is 0. The summed E-state index contributed by atoms with van der Waals surface area (Å²) in [6.07, 6.45) is 0. The Kier molecular flexibility index (Phi) is 3.80. The van der Waals surface area contributed by atoms with E-state index < -0.39 is 0 Å². The maximum atomic E-state index is 6.39.